The van der Waals surface area contributed by atoms with Crippen LogP contribution in [0.1, 0.15) is 13.3 Å². The Kier molecular flexibility index (Phi) is 3.27. The maximum absolute atomic E-state index is 11.5. The smallest absolute Gasteiger partial charge is 0.236 e. The molecular formula is C7H12N2O2S2. The quantitative estimate of drug-likeness (QED) is 0.769. The Labute approximate surface area is 82.3 Å². The van der Waals surface area contributed by atoms with Crippen molar-refractivity contribution in [1.29, 1.82) is 0 Å². The van der Waals surface area contributed by atoms with Crippen LogP contribution in [0, 0.1) is 0 Å². The van der Waals surface area contributed by atoms with E-state index in [1.807, 2.05) is 6.92 Å². The van der Waals surface area contributed by atoms with Crippen LogP contribution < -0.4 is 4.31 Å². The van der Waals surface area contributed by atoms with Gasteiger partial charge < -0.3 is 0 Å². The van der Waals surface area contributed by atoms with Gasteiger partial charge in [0.15, 0.2) is 5.13 Å². The zero-order chi connectivity index (χ0) is 9.90. The Morgan fingerprint density at radius 2 is 2.31 bits per heavy atom. The molecule has 0 bridgehead atoms. The summed E-state index contributed by atoms with van der Waals surface area (Å²) in [6.07, 6.45) is 2.22. The molecule has 0 aromatic carbocycles. The Hall–Kier alpha value is -0.620. The Morgan fingerprint density at radius 1 is 1.62 bits per heavy atom. The first-order chi connectivity index (χ1) is 6.08. The lowest BCUT2D eigenvalue weighted by Gasteiger charge is -2.14. The van der Waals surface area contributed by atoms with Gasteiger partial charge in [-0.1, -0.05) is 6.92 Å². The van der Waals surface area contributed by atoms with Crippen LogP contribution in [0.5, 0.6) is 0 Å². The van der Waals surface area contributed by atoms with Gasteiger partial charge in [-0.25, -0.2) is 17.7 Å². The average Bonchev–Trinajstić information content (AvgIpc) is 2.54. The van der Waals surface area contributed by atoms with Gasteiger partial charge in [-0.2, -0.15) is 0 Å². The van der Waals surface area contributed by atoms with Crippen LogP contribution in [0.3, 0.4) is 0 Å². The standard InChI is InChI=1S/C7H12N2O2S2/c1-3-6-13(10,11)9(2)7-8-4-5-12-7/h4-5H,3,6H2,1-2H3. The second kappa shape index (κ2) is 4.06. The highest BCUT2D eigenvalue weighted by molar-refractivity contribution is 7.92. The van der Waals surface area contributed by atoms with Crippen LogP contribution in [0.4, 0.5) is 5.13 Å². The molecule has 4 nitrogen and oxygen atoms in total. The monoisotopic (exact) mass is 220 g/mol. The SMILES string of the molecule is CCCS(=O)(=O)N(C)c1nccs1. The fraction of sp³-hybridized carbons (Fsp3) is 0.571. The molecule has 1 aromatic rings. The summed E-state index contributed by atoms with van der Waals surface area (Å²) in [7, 11) is -1.62. The van der Waals surface area contributed by atoms with Crippen molar-refractivity contribution in [3.05, 3.63) is 11.6 Å². The molecule has 13 heavy (non-hydrogen) atoms. The summed E-state index contributed by atoms with van der Waals surface area (Å²) >= 11 is 1.32. The van der Waals surface area contributed by atoms with Gasteiger partial charge in [-0.15, -0.1) is 11.3 Å². The molecule has 74 valence electrons. The molecule has 0 saturated heterocycles. The number of anilines is 1. The number of sulfonamides is 1. The van der Waals surface area contributed by atoms with E-state index in [0.717, 1.165) is 0 Å². The lowest BCUT2D eigenvalue weighted by atomic mass is 10.6. The largest absolute Gasteiger partial charge is 0.248 e. The number of hydrogen-bond donors (Lipinski definition) is 0. The van der Waals surface area contributed by atoms with Crippen molar-refractivity contribution >= 4 is 26.5 Å². The molecule has 1 rings (SSSR count). The van der Waals surface area contributed by atoms with Crippen LogP contribution in [0.25, 0.3) is 0 Å². The summed E-state index contributed by atoms with van der Waals surface area (Å²) in [6.45, 7) is 1.84. The number of nitrogens with zero attached hydrogens (tertiary/aromatic N) is 2. The van der Waals surface area contributed by atoms with Crippen molar-refractivity contribution < 1.29 is 8.42 Å². The van der Waals surface area contributed by atoms with E-state index in [2.05, 4.69) is 4.98 Å². The fourth-order valence-electron chi connectivity index (χ4n) is 0.885. The molecule has 0 aliphatic heterocycles. The van der Waals surface area contributed by atoms with Gasteiger partial charge in [0.2, 0.25) is 10.0 Å². The molecule has 0 fully saturated rings. The van der Waals surface area contributed by atoms with Gasteiger partial charge in [0.1, 0.15) is 0 Å². The van der Waals surface area contributed by atoms with E-state index in [1.165, 1.54) is 22.7 Å². The first-order valence-corrected chi connectivity index (χ1v) is 6.43. The molecule has 0 atom stereocenters. The van der Waals surface area contributed by atoms with E-state index in [9.17, 15) is 8.42 Å². The Bertz CT molecular complexity index is 345. The summed E-state index contributed by atoms with van der Waals surface area (Å²) in [6, 6.07) is 0. The fourth-order valence-corrected chi connectivity index (χ4v) is 2.94. The van der Waals surface area contributed by atoms with Crippen LogP contribution >= 0.6 is 11.3 Å². The predicted molar refractivity (Wildman–Crippen MR) is 54.6 cm³/mol. The normalized spacial score (nSPS) is 11.5. The number of hydrogen-bond acceptors (Lipinski definition) is 4. The zero-order valence-corrected chi connectivity index (χ0v) is 9.23. The molecular weight excluding hydrogens is 208 g/mol. The minimum absolute atomic E-state index is 0.170. The first kappa shape index (κ1) is 10.5. The van der Waals surface area contributed by atoms with E-state index >= 15 is 0 Å². The Balaban J connectivity index is 2.85. The topological polar surface area (TPSA) is 50.3 Å². The van der Waals surface area contributed by atoms with E-state index < -0.39 is 10.0 Å². The molecule has 0 radical (unpaired) electrons. The van der Waals surface area contributed by atoms with E-state index in [1.54, 1.807) is 11.6 Å². The lowest BCUT2D eigenvalue weighted by molar-refractivity contribution is 0.593. The highest BCUT2D eigenvalue weighted by atomic mass is 32.2. The van der Waals surface area contributed by atoms with Crippen molar-refractivity contribution in [2.45, 2.75) is 13.3 Å². The number of thiazole rings is 1. The minimum Gasteiger partial charge on any atom is -0.248 e. The molecule has 6 heteroatoms. The van der Waals surface area contributed by atoms with Crippen LogP contribution in [0.15, 0.2) is 11.6 Å². The van der Waals surface area contributed by atoms with Gasteiger partial charge in [0.25, 0.3) is 0 Å². The van der Waals surface area contributed by atoms with Gasteiger partial charge in [0.05, 0.1) is 5.75 Å². The molecule has 0 aliphatic rings. The molecule has 0 saturated carbocycles. The Morgan fingerprint density at radius 3 is 2.77 bits per heavy atom. The van der Waals surface area contributed by atoms with Crippen molar-refractivity contribution in [2.24, 2.45) is 0 Å². The van der Waals surface area contributed by atoms with E-state index in [-0.39, 0.29) is 5.75 Å². The third-order valence-corrected chi connectivity index (χ3v) is 4.46. The molecule has 0 unspecified atom stereocenters. The predicted octanol–water partition coefficient (Wildman–Crippen LogP) is 1.32. The average molecular weight is 220 g/mol. The van der Waals surface area contributed by atoms with Crippen LogP contribution in [-0.2, 0) is 10.0 Å². The highest BCUT2D eigenvalue weighted by Crippen LogP contribution is 2.18. The summed E-state index contributed by atoms with van der Waals surface area (Å²) in [5.41, 5.74) is 0. The molecule has 1 heterocycles. The third kappa shape index (κ3) is 2.41. The maximum atomic E-state index is 11.5. The van der Waals surface area contributed by atoms with Gasteiger partial charge in [0, 0.05) is 18.6 Å². The van der Waals surface area contributed by atoms with Crippen LogP contribution in [-0.4, -0.2) is 26.2 Å². The molecule has 1 aromatic heterocycles. The van der Waals surface area contributed by atoms with Crippen molar-refractivity contribution in [3.8, 4) is 0 Å². The van der Waals surface area contributed by atoms with E-state index in [0.29, 0.717) is 11.6 Å². The first-order valence-electron chi connectivity index (χ1n) is 3.94. The second-order valence-electron chi connectivity index (χ2n) is 2.60. The second-order valence-corrected chi connectivity index (χ2v) is 5.59. The lowest BCUT2D eigenvalue weighted by Crippen LogP contribution is -2.28. The molecule has 0 amide bonds. The maximum Gasteiger partial charge on any atom is 0.236 e. The summed E-state index contributed by atoms with van der Waals surface area (Å²) < 4.78 is 24.3. The van der Waals surface area contributed by atoms with Gasteiger partial charge >= 0.3 is 0 Å². The zero-order valence-electron chi connectivity index (χ0n) is 7.60. The third-order valence-electron chi connectivity index (χ3n) is 1.57. The molecule has 0 spiro atoms. The van der Waals surface area contributed by atoms with E-state index in [4.69, 9.17) is 0 Å². The van der Waals surface area contributed by atoms with Crippen LogP contribution in [0.2, 0.25) is 0 Å². The number of rotatable bonds is 4. The van der Waals surface area contributed by atoms with Crippen molar-refractivity contribution in [2.75, 3.05) is 17.1 Å². The summed E-state index contributed by atoms with van der Waals surface area (Å²) in [5, 5.41) is 2.28. The van der Waals surface area contributed by atoms with Gasteiger partial charge in [-0.3, -0.25) is 0 Å². The molecule has 0 aliphatic carbocycles. The van der Waals surface area contributed by atoms with Crippen molar-refractivity contribution in [3.63, 3.8) is 0 Å². The minimum atomic E-state index is -3.15. The summed E-state index contributed by atoms with van der Waals surface area (Å²) in [5.74, 6) is 0.170. The highest BCUT2D eigenvalue weighted by Gasteiger charge is 2.18. The van der Waals surface area contributed by atoms with Gasteiger partial charge in [-0.05, 0) is 6.42 Å². The summed E-state index contributed by atoms with van der Waals surface area (Å²) in [4.78, 5) is 3.93. The molecule has 0 N–H and O–H groups in total. The van der Waals surface area contributed by atoms with Crippen molar-refractivity contribution in [1.82, 2.24) is 4.98 Å². The number of aromatic nitrogens is 1.